The lowest BCUT2D eigenvalue weighted by atomic mass is 10.1. The lowest BCUT2D eigenvalue weighted by Crippen LogP contribution is -2.32. The second kappa shape index (κ2) is 7.72. The van der Waals surface area contributed by atoms with Crippen LogP contribution in [0, 0.1) is 6.92 Å². The number of anilines is 1. The Bertz CT molecular complexity index is 1090. The van der Waals surface area contributed by atoms with Crippen molar-refractivity contribution in [3.63, 3.8) is 0 Å². The number of carbonyl (C=O) groups is 3. The normalized spacial score (nSPS) is 12.8. The lowest BCUT2D eigenvalue weighted by Gasteiger charge is -2.13. The highest BCUT2D eigenvalue weighted by Crippen LogP contribution is 2.24. The molecule has 0 atom stereocenters. The predicted molar refractivity (Wildman–Crippen MR) is 112 cm³/mol. The summed E-state index contributed by atoms with van der Waals surface area (Å²) in [6, 6.07) is 22.7. The average molecular weight is 384 g/mol. The first-order chi connectivity index (χ1) is 14.0. The zero-order chi connectivity index (χ0) is 20.4. The van der Waals surface area contributed by atoms with Crippen LogP contribution in [0.3, 0.4) is 0 Å². The maximum atomic E-state index is 12.5. The van der Waals surface area contributed by atoms with Crippen LogP contribution in [0.25, 0.3) is 11.1 Å². The highest BCUT2D eigenvalue weighted by Gasteiger charge is 2.35. The zero-order valence-corrected chi connectivity index (χ0v) is 16.0. The maximum absolute atomic E-state index is 12.5. The fourth-order valence-corrected chi connectivity index (χ4v) is 3.42. The molecule has 0 radical (unpaired) electrons. The molecule has 0 unspecified atom stereocenters. The van der Waals surface area contributed by atoms with Gasteiger partial charge in [0.25, 0.3) is 11.8 Å². The molecule has 5 heteroatoms. The number of nitrogens with zero attached hydrogens (tertiary/aromatic N) is 1. The van der Waals surface area contributed by atoms with E-state index >= 15 is 0 Å². The molecule has 144 valence electrons. The van der Waals surface area contributed by atoms with E-state index in [2.05, 4.69) is 5.32 Å². The molecule has 5 nitrogen and oxygen atoms in total. The summed E-state index contributed by atoms with van der Waals surface area (Å²) in [5, 5.41) is 2.82. The summed E-state index contributed by atoms with van der Waals surface area (Å²) in [5.41, 5.74) is 4.57. The summed E-state index contributed by atoms with van der Waals surface area (Å²) in [5.74, 6) is -0.927. The van der Waals surface area contributed by atoms with Crippen LogP contribution in [0.1, 0.15) is 32.7 Å². The van der Waals surface area contributed by atoms with Gasteiger partial charge in [0.15, 0.2) is 0 Å². The summed E-state index contributed by atoms with van der Waals surface area (Å²) >= 11 is 0. The highest BCUT2D eigenvalue weighted by atomic mass is 16.2. The predicted octanol–water partition coefficient (Wildman–Crippen LogP) is 4.29. The summed E-state index contributed by atoms with van der Waals surface area (Å²) < 4.78 is 0. The third-order valence-electron chi connectivity index (χ3n) is 4.96. The monoisotopic (exact) mass is 384 g/mol. The van der Waals surface area contributed by atoms with Gasteiger partial charge in [-0.2, -0.15) is 0 Å². The molecular weight excluding hydrogens is 364 g/mol. The minimum Gasteiger partial charge on any atom is -0.326 e. The highest BCUT2D eigenvalue weighted by molar-refractivity contribution is 6.21. The minimum atomic E-state index is -0.343. The lowest BCUT2D eigenvalue weighted by molar-refractivity contribution is -0.116. The fraction of sp³-hybridized carbons (Fsp3) is 0.125. The van der Waals surface area contributed by atoms with Gasteiger partial charge < -0.3 is 5.32 Å². The first kappa shape index (κ1) is 18.6. The van der Waals surface area contributed by atoms with Crippen LogP contribution in [0.5, 0.6) is 0 Å². The number of aryl methyl sites for hydroxylation is 1. The SMILES string of the molecule is Cc1ccc2c(c1)C(=O)N(CCC(=O)Nc1ccc(-c3ccccc3)cc1)C2=O. The quantitative estimate of drug-likeness (QED) is 0.668. The number of benzene rings is 3. The molecule has 0 saturated heterocycles. The Kier molecular flexibility index (Phi) is 4.96. The Hall–Kier alpha value is -3.73. The van der Waals surface area contributed by atoms with Crippen LogP contribution in [0.4, 0.5) is 5.69 Å². The van der Waals surface area contributed by atoms with Gasteiger partial charge in [-0.05, 0) is 42.3 Å². The second-order valence-corrected chi connectivity index (χ2v) is 7.05. The van der Waals surface area contributed by atoms with Crippen molar-refractivity contribution in [3.05, 3.63) is 89.5 Å². The van der Waals surface area contributed by atoms with Crippen LogP contribution in [0.15, 0.2) is 72.8 Å². The van der Waals surface area contributed by atoms with E-state index < -0.39 is 0 Å². The maximum Gasteiger partial charge on any atom is 0.261 e. The van der Waals surface area contributed by atoms with Crippen LogP contribution in [-0.4, -0.2) is 29.2 Å². The molecule has 1 heterocycles. The Morgan fingerprint density at radius 3 is 2.21 bits per heavy atom. The molecule has 0 spiro atoms. The Balaban J connectivity index is 1.36. The van der Waals surface area contributed by atoms with Crippen molar-refractivity contribution >= 4 is 23.4 Å². The van der Waals surface area contributed by atoms with Gasteiger partial charge in [0.1, 0.15) is 0 Å². The smallest absolute Gasteiger partial charge is 0.261 e. The van der Waals surface area contributed by atoms with Crippen molar-refractivity contribution in [2.24, 2.45) is 0 Å². The van der Waals surface area contributed by atoms with Crippen LogP contribution in [0.2, 0.25) is 0 Å². The molecule has 3 aromatic carbocycles. The number of rotatable bonds is 5. The summed E-state index contributed by atoms with van der Waals surface area (Å²) in [6.45, 7) is 1.93. The van der Waals surface area contributed by atoms with Gasteiger partial charge in [0, 0.05) is 18.7 Å². The molecule has 4 rings (SSSR count). The third-order valence-corrected chi connectivity index (χ3v) is 4.96. The van der Waals surface area contributed by atoms with E-state index in [0.29, 0.717) is 16.8 Å². The van der Waals surface area contributed by atoms with E-state index in [1.165, 1.54) is 0 Å². The number of carbonyl (C=O) groups excluding carboxylic acids is 3. The molecule has 3 amide bonds. The second-order valence-electron chi connectivity index (χ2n) is 7.05. The number of imide groups is 1. The Morgan fingerprint density at radius 1 is 0.828 bits per heavy atom. The molecule has 0 bridgehead atoms. The van der Waals surface area contributed by atoms with Crippen LogP contribution in [-0.2, 0) is 4.79 Å². The van der Waals surface area contributed by atoms with Crippen molar-refractivity contribution in [1.29, 1.82) is 0 Å². The molecule has 0 saturated carbocycles. The summed E-state index contributed by atoms with van der Waals surface area (Å²) in [7, 11) is 0. The molecule has 29 heavy (non-hydrogen) atoms. The van der Waals surface area contributed by atoms with Crippen LogP contribution < -0.4 is 5.32 Å². The number of fused-ring (bicyclic) bond motifs is 1. The standard InChI is InChI=1S/C24H20N2O3/c1-16-7-12-20-21(15-16)24(29)26(23(20)28)14-13-22(27)25-19-10-8-18(9-11-19)17-5-3-2-4-6-17/h2-12,15H,13-14H2,1H3,(H,25,27). The van der Waals surface area contributed by atoms with Crippen LogP contribution >= 0.6 is 0 Å². The zero-order valence-electron chi connectivity index (χ0n) is 16.0. The number of amides is 3. The van der Waals surface area contributed by atoms with Crippen molar-refractivity contribution < 1.29 is 14.4 Å². The van der Waals surface area contributed by atoms with Crippen molar-refractivity contribution in [2.45, 2.75) is 13.3 Å². The number of hydrogen-bond acceptors (Lipinski definition) is 3. The number of nitrogens with one attached hydrogen (secondary N) is 1. The largest absolute Gasteiger partial charge is 0.326 e. The molecule has 3 aromatic rings. The van der Waals surface area contributed by atoms with Gasteiger partial charge in [0.2, 0.25) is 5.91 Å². The molecule has 1 N–H and O–H groups in total. The van der Waals surface area contributed by atoms with Crippen molar-refractivity contribution in [1.82, 2.24) is 4.90 Å². The molecule has 0 fully saturated rings. The topological polar surface area (TPSA) is 66.5 Å². The van der Waals surface area contributed by atoms with E-state index in [0.717, 1.165) is 21.6 Å². The number of hydrogen-bond donors (Lipinski definition) is 1. The molecular formula is C24H20N2O3. The summed E-state index contributed by atoms with van der Waals surface area (Å²) in [6.07, 6.45) is 0.0465. The van der Waals surface area contributed by atoms with Gasteiger partial charge in [-0.3, -0.25) is 19.3 Å². The van der Waals surface area contributed by atoms with E-state index in [1.54, 1.807) is 18.2 Å². The van der Waals surface area contributed by atoms with E-state index in [4.69, 9.17) is 0 Å². The van der Waals surface area contributed by atoms with Gasteiger partial charge in [0.05, 0.1) is 11.1 Å². The van der Waals surface area contributed by atoms with E-state index in [-0.39, 0.29) is 30.7 Å². The Morgan fingerprint density at radius 2 is 1.48 bits per heavy atom. The van der Waals surface area contributed by atoms with Crippen molar-refractivity contribution in [2.75, 3.05) is 11.9 Å². The first-order valence-electron chi connectivity index (χ1n) is 9.45. The Labute approximate surface area is 169 Å². The fourth-order valence-electron chi connectivity index (χ4n) is 3.42. The van der Waals surface area contributed by atoms with Gasteiger partial charge in [-0.1, -0.05) is 54.1 Å². The van der Waals surface area contributed by atoms with E-state index in [1.807, 2.05) is 61.5 Å². The third kappa shape index (κ3) is 3.80. The summed E-state index contributed by atoms with van der Waals surface area (Å²) in [4.78, 5) is 38.4. The average Bonchev–Trinajstić information content (AvgIpc) is 2.97. The van der Waals surface area contributed by atoms with Gasteiger partial charge >= 0.3 is 0 Å². The molecule has 1 aliphatic heterocycles. The van der Waals surface area contributed by atoms with E-state index in [9.17, 15) is 14.4 Å². The van der Waals surface area contributed by atoms with Crippen molar-refractivity contribution in [3.8, 4) is 11.1 Å². The molecule has 0 aromatic heterocycles. The molecule has 1 aliphatic rings. The van der Waals surface area contributed by atoms with Gasteiger partial charge in [-0.25, -0.2) is 0 Å². The first-order valence-corrected chi connectivity index (χ1v) is 9.45. The minimum absolute atomic E-state index is 0.0465. The van der Waals surface area contributed by atoms with Gasteiger partial charge in [-0.15, -0.1) is 0 Å². The molecule has 0 aliphatic carbocycles.